The summed E-state index contributed by atoms with van der Waals surface area (Å²) in [6, 6.07) is 9.86. The number of carbonyl (C=O) groups is 3. The van der Waals surface area contributed by atoms with Crippen LogP contribution < -0.4 is 9.47 Å². The monoisotopic (exact) mass is 406 g/mol. The van der Waals surface area contributed by atoms with Gasteiger partial charge < -0.3 is 14.6 Å². The van der Waals surface area contributed by atoms with Crippen LogP contribution in [0, 0.1) is 0 Å². The molecule has 2 aromatic rings. The molecule has 0 amide bonds. The number of Topliss-reactive ketones (excluding diaryl/α,β-unsaturated/α-hetero) is 1. The molecule has 1 saturated carbocycles. The molecule has 3 aliphatic rings. The molecule has 0 bridgehead atoms. The molecule has 30 heavy (non-hydrogen) atoms. The second-order valence-corrected chi connectivity index (χ2v) is 8.46. The Morgan fingerprint density at radius 2 is 1.73 bits per heavy atom. The van der Waals surface area contributed by atoms with Crippen molar-refractivity contribution in [2.75, 3.05) is 0 Å². The van der Waals surface area contributed by atoms with Crippen LogP contribution in [0.3, 0.4) is 0 Å². The van der Waals surface area contributed by atoms with Crippen molar-refractivity contribution in [1.29, 1.82) is 0 Å². The predicted molar refractivity (Wildman–Crippen MR) is 107 cm³/mol. The molecule has 0 aromatic heterocycles. The fraction of sp³-hybridized carbons (Fsp3) is 0.375. The van der Waals surface area contributed by atoms with Crippen molar-refractivity contribution >= 4 is 17.7 Å². The first-order valence-corrected chi connectivity index (χ1v) is 10.4. The molecule has 1 spiro atoms. The standard InChI is InChI=1S/C24H22O6/c25-18-13-24(10-2-1-3-11-24)30-22-16(18)8-9-19-21(22)17(12-20(26)29-19)14-4-6-15(7-5-14)23(27)28/h4-9,17H,1-3,10-13H2,(H,27,28)/t17-/m0/s1. The maximum Gasteiger partial charge on any atom is 0.335 e. The van der Waals surface area contributed by atoms with Crippen molar-refractivity contribution in [2.45, 2.75) is 56.5 Å². The van der Waals surface area contributed by atoms with Crippen LogP contribution >= 0.6 is 0 Å². The molecule has 0 unspecified atom stereocenters. The van der Waals surface area contributed by atoms with E-state index in [2.05, 4.69) is 0 Å². The second kappa shape index (κ2) is 6.97. The van der Waals surface area contributed by atoms with E-state index >= 15 is 0 Å². The van der Waals surface area contributed by atoms with Crippen molar-refractivity contribution < 1.29 is 29.0 Å². The van der Waals surface area contributed by atoms with E-state index in [4.69, 9.17) is 9.47 Å². The van der Waals surface area contributed by atoms with Gasteiger partial charge in [-0.2, -0.15) is 0 Å². The van der Waals surface area contributed by atoms with E-state index in [1.54, 1.807) is 24.3 Å². The Bertz CT molecular complexity index is 1050. The van der Waals surface area contributed by atoms with E-state index in [-0.39, 0.29) is 29.7 Å². The molecule has 0 radical (unpaired) electrons. The lowest BCUT2D eigenvalue weighted by atomic mass is 9.76. The minimum atomic E-state index is -1.00. The minimum absolute atomic E-state index is 0.0674. The summed E-state index contributed by atoms with van der Waals surface area (Å²) in [6.45, 7) is 0. The topological polar surface area (TPSA) is 89.9 Å². The Morgan fingerprint density at radius 3 is 2.43 bits per heavy atom. The van der Waals surface area contributed by atoms with Crippen LogP contribution in [-0.4, -0.2) is 28.4 Å². The van der Waals surface area contributed by atoms with Crippen LogP contribution in [0.1, 0.15) is 82.7 Å². The quantitative estimate of drug-likeness (QED) is 0.584. The number of rotatable bonds is 2. The van der Waals surface area contributed by atoms with E-state index in [0.717, 1.165) is 37.7 Å². The van der Waals surface area contributed by atoms with Crippen LogP contribution in [0.4, 0.5) is 0 Å². The first-order chi connectivity index (χ1) is 14.5. The smallest absolute Gasteiger partial charge is 0.335 e. The summed E-state index contributed by atoms with van der Waals surface area (Å²) in [4.78, 5) is 36.5. The van der Waals surface area contributed by atoms with E-state index in [0.29, 0.717) is 29.0 Å². The largest absolute Gasteiger partial charge is 0.486 e. The number of ether oxygens (including phenoxy) is 2. The average Bonchev–Trinajstić information content (AvgIpc) is 2.73. The highest BCUT2D eigenvalue weighted by atomic mass is 16.5. The van der Waals surface area contributed by atoms with E-state index in [1.165, 1.54) is 12.1 Å². The van der Waals surface area contributed by atoms with E-state index in [1.807, 2.05) is 0 Å². The number of fused-ring (bicyclic) bond motifs is 3. The summed E-state index contributed by atoms with van der Waals surface area (Å²) >= 11 is 0. The Labute approximate surface area is 173 Å². The summed E-state index contributed by atoms with van der Waals surface area (Å²) in [5, 5.41) is 9.18. The third-order valence-corrected chi connectivity index (χ3v) is 6.53. The molecule has 5 rings (SSSR count). The third-order valence-electron chi connectivity index (χ3n) is 6.53. The van der Waals surface area contributed by atoms with Gasteiger partial charge >= 0.3 is 11.9 Å². The number of hydrogen-bond acceptors (Lipinski definition) is 5. The summed E-state index contributed by atoms with van der Waals surface area (Å²) < 4.78 is 12.1. The molecule has 0 saturated heterocycles. The van der Waals surface area contributed by atoms with Crippen LogP contribution in [0.15, 0.2) is 36.4 Å². The molecular formula is C24H22O6. The van der Waals surface area contributed by atoms with Crippen molar-refractivity contribution in [3.63, 3.8) is 0 Å². The molecule has 154 valence electrons. The highest BCUT2D eigenvalue weighted by Crippen LogP contribution is 2.51. The van der Waals surface area contributed by atoms with Gasteiger partial charge in [0.05, 0.1) is 24.0 Å². The number of esters is 1. The van der Waals surface area contributed by atoms with Crippen LogP contribution in [0.2, 0.25) is 0 Å². The predicted octanol–water partition coefficient (Wildman–Crippen LogP) is 4.49. The number of carboxylic acid groups (broad SMARTS) is 1. The molecule has 1 atom stereocenters. The molecule has 2 aromatic carbocycles. The van der Waals surface area contributed by atoms with Gasteiger partial charge in [-0.3, -0.25) is 9.59 Å². The SMILES string of the molecule is O=C1C[C@@H](c2ccc(C(=O)O)cc2)c2c(ccc3c2OC2(CCCCC2)CC3=O)O1. The van der Waals surface area contributed by atoms with Gasteiger partial charge in [0.2, 0.25) is 0 Å². The summed E-state index contributed by atoms with van der Waals surface area (Å²) in [5.74, 6) is -0.702. The van der Waals surface area contributed by atoms with Gasteiger partial charge in [0.1, 0.15) is 17.1 Å². The Kier molecular flexibility index (Phi) is 4.38. The van der Waals surface area contributed by atoms with Crippen molar-refractivity contribution in [3.05, 3.63) is 58.7 Å². The lowest BCUT2D eigenvalue weighted by Crippen LogP contribution is -2.44. The van der Waals surface area contributed by atoms with Gasteiger partial charge in [-0.1, -0.05) is 18.6 Å². The van der Waals surface area contributed by atoms with Crippen LogP contribution in [-0.2, 0) is 4.79 Å². The zero-order valence-electron chi connectivity index (χ0n) is 16.5. The summed E-state index contributed by atoms with van der Waals surface area (Å²) in [6.07, 6.45) is 5.41. The fourth-order valence-corrected chi connectivity index (χ4v) is 5.02. The number of benzene rings is 2. The van der Waals surface area contributed by atoms with Gasteiger partial charge in [0.25, 0.3) is 0 Å². The van der Waals surface area contributed by atoms with E-state index < -0.39 is 11.6 Å². The highest BCUT2D eigenvalue weighted by molar-refractivity contribution is 6.01. The number of hydrogen-bond donors (Lipinski definition) is 1. The Morgan fingerprint density at radius 1 is 1.00 bits per heavy atom. The molecule has 6 heteroatoms. The Hall–Kier alpha value is -3.15. The zero-order valence-corrected chi connectivity index (χ0v) is 16.5. The molecule has 2 aliphatic heterocycles. The lowest BCUT2D eigenvalue weighted by Gasteiger charge is -2.42. The zero-order chi connectivity index (χ0) is 20.9. The fourth-order valence-electron chi connectivity index (χ4n) is 5.02. The highest BCUT2D eigenvalue weighted by Gasteiger charge is 2.44. The summed E-state index contributed by atoms with van der Waals surface area (Å²) in [5.41, 5.74) is 1.75. The average molecular weight is 406 g/mol. The van der Waals surface area contributed by atoms with Crippen molar-refractivity contribution in [3.8, 4) is 11.5 Å². The maximum atomic E-state index is 13.0. The van der Waals surface area contributed by atoms with Crippen LogP contribution in [0.25, 0.3) is 0 Å². The molecule has 1 aliphatic carbocycles. The number of carboxylic acids is 1. The number of ketones is 1. The first kappa shape index (κ1) is 18.9. The second-order valence-electron chi connectivity index (χ2n) is 8.46. The van der Waals surface area contributed by atoms with Crippen molar-refractivity contribution in [2.24, 2.45) is 0 Å². The molecule has 1 fully saturated rings. The van der Waals surface area contributed by atoms with E-state index in [9.17, 15) is 19.5 Å². The van der Waals surface area contributed by atoms with Gasteiger partial charge in [-0.25, -0.2) is 4.79 Å². The molecular weight excluding hydrogens is 384 g/mol. The molecule has 1 N–H and O–H groups in total. The van der Waals surface area contributed by atoms with Crippen LogP contribution in [0.5, 0.6) is 11.5 Å². The van der Waals surface area contributed by atoms with Gasteiger partial charge in [-0.05, 0) is 55.5 Å². The van der Waals surface area contributed by atoms with Gasteiger partial charge in [0.15, 0.2) is 5.78 Å². The molecule has 6 nitrogen and oxygen atoms in total. The van der Waals surface area contributed by atoms with Crippen molar-refractivity contribution in [1.82, 2.24) is 0 Å². The third kappa shape index (κ3) is 3.07. The van der Waals surface area contributed by atoms with Gasteiger partial charge in [0, 0.05) is 11.5 Å². The first-order valence-electron chi connectivity index (χ1n) is 10.4. The minimum Gasteiger partial charge on any atom is -0.486 e. The normalized spacial score (nSPS) is 21.9. The summed E-state index contributed by atoms with van der Waals surface area (Å²) in [7, 11) is 0. The Balaban J connectivity index is 1.63. The number of carbonyl (C=O) groups excluding carboxylic acids is 2. The maximum absolute atomic E-state index is 13.0. The molecule has 2 heterocycles. The number of aromatic carboxylic acids is 1. The lowest BCUT2D eigenvalue weighted by molar-refractivity contribution is -0.135. The van der Waals surface area contributed by atoms with Gasteiger partial charge in [-0.15, -0.1) is 0 Å².